The lowest BCUT2D eigenvalue weighted by molar-refractivity contribution is -0.152. The van der Waals surface area contributed by atoms with Crippen LogP contribution in [-0.4, -0.2) is 55.3 Å². The first-order valence-electron chi connectivity index (χ1n) is 11.6. The molecule has 34 heavy (non-hydrogen) atoms. The van der Waals surface area contributed by atoms with Gasteiger partial charge in [0, 0.05) is 48.8 Å². The van der Waals surface area contributed by atoms with Crippen LogP contribution in [0.2, 0.25) is 5.02 Å². The summed E-state index contributed by atoms with van der Waals surface area (Å²) < 4.78 is 25.0. The topological polar surface area (TPSA) is 66.6 Å². The van der Waals surface area contributed by atoms with E-state index in [1.165, 1.54) is 13.2 Å². The zero-order chi connectivity index (χ0) is 23.8. The molecule has 2 aliphatic heterocycles. The van der Waals surface area contributed by atoms with E-state index in [0.717, 1.165) is 47.1 Å². The van der Waals surface area contributed by atoms with Gasteiger partial charge in [-0.2, -0.15) is 0 Å². The smallest absolute Gasteiger partial charge is 0.323 e. The van der Waals surface area contributed by atoms with Crippen molar-refractivity contribution in [1.29, 1.82) is 0 Å². The highest BCUT2D eigenvalue weighted by Gasteiger charge is 2.48. The maximum absolute atomic E-state index is 14.5. The lowest BCUT2D eigenvalue weighted by Crippen LogP contribution is -2.55. The number of ether oxygens (including phenoxy) is 2. The van der Waals surface area contributed by atoms with Crippen molar-refractivity contribution in [3.05, 3.63) is 70.1 Å². The summed E-state index contributed by atoms with van der Waals surface area (Å²) in [5.41, 5.74) is 4.14. The van der Waals surface area contributed by atoms with Crippen molar-refractivity contribution < 1.29 is 18.7 Å². The number of benzene rings is 2. The SMILES string of the molecule is COCCNC1CC(c2ccc(Cl)c(F)c2)N2C(C(=O)OC)Cc3c([nH]c4ccccc34)C2C1. The van der Waals surface area contributed by atoms with Gasteiger partial charge in [-0.3, -0.25) is 9.69 Å². The molecular weight excluding hydrogens is 457 g/mol. The number of fused-ring (bicyclic) bond motifs is 5. The second kappa shape index (κ2) is 9.66. The van der Waals surface area contributed by atoms with Crippen molar-refractivity contribution in [2.75, 3.05) is 27.4 Å². The summed E-state index contributed by atoms with van der Waals surface area (Å²) in [4.78, 5) is 18.9. The number of nitrogens with one attached hydrogen (secondary N) is 2. The van der Waals surface area contributed by atoms with Crippen molar-refractivity contribution in [3.63, 3.8) is 0 Å². The number of halogens is 2. The van der Waals surface area contributed by atoms with Crippen LogP contribution >= 0.6 is 11.6 Å². The van der Waals surface area contributed by atoms with Gasteiger partial charge in [0.1, 0.15) is 11.9 Å². The first kappa shape index (κ1) is 23.3. The molecule has 8 heteroatoms. The van der Waals surface area contributed by atoms with Crippen LogP contribution in [0.1, 0.15) is 41.7 Å². The fourth-order valence-electron chi connectivity index (χ4n) is 5.72. The lowest BCUT2D eigenvalue weighted by Gasteiger charge is -2.50. The number of piperidine rings is 1. The average Bonchev–Trinajstić information content (AvgIpc) is 3.23. The summed E-state index contributed by atoms with van der Waals surface area (Å²) in [7, 11) is 3.11. The third-order valence-electron chi connectivity index (χ3n) is 7.21. The predicted octanol–water partition coefficient (Wildman–Crippen LogP) is 4.54. The molecule has 2 N–H and O–H groups in total. The van der Waals surface area contributed by atoms with Crippen molar-refractivity contribution in [1.82, 2.24) is 15.2 Å². The standard InChI is InChI=1S/C26H29ClFN3O3/c1-33-10-9-29-16-12-22(15-7-8-19(27)20(28)11-15)31-23(13-16)25-18(14-24(31)26(32)34-2)17-5-3-4-6-21(17)30-25/h3-8,11,16,22-24,29-30H,9-10,12-14H2,1-2H3. The summed E-state index contributed by atoms with van der Waals surface area (Å²) in [5.74, 6) is -0.728. The molecular formula is C26H29ClFN3O3. The Morgan fingerprint density at radius 3 is 2.76 bits per heavy atom. The van der Waals surface area contributed by atoms with E-state index in [4.69, 9.17) is 21.1 Å². The second-order valence-corrected chi connectivity index (χ2v) is 9.48. The number of rotatable bonds is 6. The predicted molar refractivity (Wildman–Crippen MR) is 129 cm³/mol. The van der Waals surface area contributed by atoms with Gasteiger partial charge in [-0.05, 0) is 42.2 Å². The Kier molecular flexibility index (Phi) is 6.62. The Balaban J connectivity index is 1.62. The number of H-pyrrole nitrogens is 1. The van der Waals surface area contributed by atoms with Crippen molar-refractivity contribution in [3.8, 4) is 0 Å². The fraction of sp³-hybridized carbons (Fsp3) is 0.423. The minimum atomic E-state index is -0.467. The summed E-state index contributed by atoms with van der Waals surface area (Å²) in [6.07, 6.45) is 2.07. The fourth-order valence-corrected chi connectivity index (χ4v) is 5.84. The van der Waals surface area contributed by atoms with Gasteiger partial charge in [-0.1, -0.05) is 35.9 Å². The first-order chi connectivity index (χ1) is 16.5. The maximum Gasteiger partial charge on any atom is 0.323 e. The minimum absolute atomic E-state index is 0.0576. The number of hydrogen-bond donors (Lipinski definition) is 2. The monoisotopic (exact) mass is 485 g/mol. The highest BCUT2D eigenvalue weighted by Crippen LogP contribution is 2.49. The molecule has 6 nitrogen and oxygen atoms in total. The molecule has 2 aromatic carbocycles. The van der Waals surface area contributed by atoms with E-state index in [0.29, 0.717) is 13.0 Å². The molecule has 180 valence electrons. The molecule has 0 amide bonds. The Morgan fingerprint density at radius 1 is 1.21 bits per heavy atom. The Labute approximate surface area is 203 Å². The zero-order valence-corrected chi connectivity index (χ0v) is 20.1. The molecule has 4 unspecified atom stereocenters. The Morgan fingerprint density at radius 2 is 2.00 bits per heavy atom. The summed E-state index contributed by atoms with van der Waals surface area (Å²) in [6, 6.07) is 12.6. The quantitative estimate of drug-likeness (QED) is 0.396. The molecule has 2 aliphatic rings. The normalized spacial score (nSPS) is 24.6. The molecule has 0 bridgehead atoms. The van der Waals surface area contributed by atoms with Gasteiger partial charge in [0.25, 0.3) is 0 Å². The van der Waals surface area contributed by atoms with Crippen LogP contribution in [0.15, 0.2) is 42.5 Å². The van der Waals surface area contributed by atoms with Crippen LogP contribution in [0.5, 0.6) is 0 Å². The van der Waals surface area contributed by atoms with Crippen LogP contribution in [0.4, 0.5) is 4.39 Å². The maximum atomic E-state index is 14.5. The second-order valence-electron chi connectivity index (χ2n) is 9.07. The van der Waals surface area contributed by atoms with Crippen LogP contribution in [0.3, 0.4) is 0 Å². The number of nitrogens with zero attached hydrogens (tertiary/aromatic N) is 1. The van der Waals surface area contributed by atoms with Crippen LogP contribution in [-0.2, 0) is 20.7 Å². The highest BCUT2D eigenvalue weighted by molar-refractivity contribution is 6.30. The van der Waals surface area contributed by atoms with E-state index in [1.807, 2.05) is 18.2 Å². The van der Waals surface area contributed by atoms with Gasteiger partial charge in [-0.25, -0.2) is 4.39 Å². The number of methoxy groups -OCH3 is 2. The minimum Gasteiger partial charge on any atom is -0.468 e. The third-order valence-corrected chi connectivity index (χ3v) is 7.52. The summed E-state index contributed by atoms with van der Waals surface area (Å²) in [5, 5.41) is 4.83. The van der Waals surface area contributed by atoms with Crippen molar-refractivity contribution in [2.45, 2.75) is 43.4 Å². The molecule has 0 spiro atoms. The first-order valence-corrected chi connectivity index (χ1v) is 12.0. The number of carbonyl (C=O) groups excluding carboxylic acids is 1. The highest BCUT2D eigenvalue weighted by atomic mass is 35.5. The van der Waals surface area contributed by atoms with Gasteiger partial charge in [0.2, 0.25) is 0 Å². The lowest BCUT2D eigenvalue weighted by atomic mass is 9.79. The average molecular weight is 486 g/mol. The van der Waals surface area contributed by atoms with Gasteiger partial charge in [-0.15, -0.1) is 0 Å². The molecule has 1 fully saturated rings. The van der Waals surface area contributed by atoms with E-state index in [-0.39, 0.29) is 29.1 Å². The number of esters is 1. The number of para-hydroxylation sites is 1. The molecule has 1 saturated heterocycles. The molecule has 0 radical (unpaired) electrons. The van der Waals surface area contributed by atoms with Gasteiger partial charge in [0.05, 0.1) is 24.8 Å². The Bertz CT molecular complexity index is 1200. The number of hydrogen-bond acceptors (Lipinski definition) is 5. The molecule has 0 aliphatic carbocycles. The van der Waals surface area contributed by atoms with Gasteiger partial charge < -0.3 is 19.8 Å². The number of carbonyl (C=O) groups is 1. The molecule has 3 aromatic rings. The molecule has 5 rings (SSSR count). The van der Waals surface area contributed by atoms with E-state index in [2.05, 4.69) is 27.3 Å². The van der Waals surface area contributed by atoms with Crippen molar-refractivity contribution in [2.24, 2.45) is 0 Å². The molecule has 1 aromatic heterocycles. The van der Waals surface area contributed by atoms with Gasteiger partial charge >= 0.3 is 5.97 Å². The van der Waals surface area contributed by atoms with Crippen LogP contribution < -0.4 is 5.32 Å². The van der Waals surface area contributed by atoms with Crippen LogP contribution in [0, 0.1) is 5.82 Å². The van der Waals surface area contributed by atoms with E-state index in [1.54, 1.807) is 13.2 Å². The number of aromatic amines is 1. The largest absolute Gasteiger partial charge is 0.468 e. The van der Waals surface area contributed by atoms with E-state index in [9.17, 15) is 9.18 Å². The summed E-state index contributed by atoms with van der Waals surface area (Å²) in [6.45, 7) is 1.32. The van der Waals surface area contributed by atoms with E-state index >= 15 is 0 Å². The molecule has 4 atom stereocenters. The Hall–Kier alpha value is -2.45. The van der Waals surface area contributed by atoms with Gasteiger partial charge in [0.15, 0.2) is 0 Å². The van der Waals surface area contributed by atoms with Crippen molar-refractivity contribution >= 4 is 28.5 Å². The van der Waals surface area contributed by atoms with E-state index < -0.39 is 11.9 Å². The molecule has 0 saturated carbocycles. The van der Waals surface area contributed by atoms with Crippen LogP contribution in [0.25, 0.3) is 10.9 Å². The third kappa shape index (κ3) is 4.11. The molecule has 3 heterocycles. The zero-order valence-electron chi connectivity index (χ0n) is 19.3. The summed E-state index contributed by atoms with van der Waals surface area (Å²) >= 11 is 5.99. The number of aromatic nitrogens is 1.